The lowest BCUT2D eigenvalue weighted by Gasteiger charge is -2.20. The highest BCUT2D eigenvalue weighted by Crippen LogP contribution is 2.20. The van der Waals surface area contributed by atoms with E-state index in [2.05, 4.69) is 31.8 Å². The van der Waals surface area contributed by atoms with Gasteiger partial charge in [-0.2, -0.15) is 5.10 Å². The summed E-state index contributed by atoms with van der Waals surface area (Å²) >= 11 is 3.52. The average Bonchev–Trinajstić information content (AvgIpc) is 2.50. The summed E-state index contributed by atoms with van der Waals surface area (Å²) in [5.41, 5.74) is 1.39. The van der Waals surface area contributed by atoms with Gasteiger partial charge in [-0.05, 0) is 24.8 Å². The molecule has 2 nitrogen and oxygen atoms in total. The average molecular weight is 215 g/mol. The predicted octanol–water partition coefficient (Wildman–Crippen LogP) is 1.84. The molecule has 0 fully saturated rings. The molecule has 0 spiro atoms. The minimum absolute atomic E-state index is 0.819. The van der Waals surface area contributed by atoms with Gasteiger partial charge < -0.3 is 0 Å². The SMILES string of the molecule is BrCC1CCn2nccc2C1. The smallest absolute Gasteiger partial charge is 0.0492 e. The molecule has 3 heteroatoms. The molecule has 0 saturated heterocycles. The maximum absolute atomic E-state index is 4.23. The largest absolute Gasteiger partial charge is 0.270 e. The van der Waals surface area contributed by atoms with E-state index >= 15 is 0 Å². The fourth-order valence-corrected chi connectivity index (χ4v) is 2.12. The first kappa shape index (κ1) is 7.35. The number of hydrogen-bond donors (Lipinski definition) is 0. The molecule has 1 aromatic rings. The number of fused-ring (bicyclic) bond motifs is 1. The van der Waals surface area contributed by atoms with Crippen molar-refractivity contribution >= 4 is 15.9 Å². The van der Waals surface area contributed by atoms with Crippen LogP contribution in [0.1, 0.15) is 12.1 Å². The van der Waals surface area contributed by atoms with Crippen LogP contribution in [-0.2, 0) is 13.0 Å². The zero-order valence-corrected chi connectivity index (χ0v) is 7.92. The minimum Gasteiger partial charge on any atom is -0.270 e. The Kier molecular flexibility index (Phi) is 1.98. The Labute approximate surface area is 74.7 Å². The Morgan fingerprint density at radius 3 is 3.45 bits per heavy atom. The van der Waals surface area contributed by atoms with Crippen LogP contribution in [0, 0.1) is 5.92 Å². The first-order chi connectivity index (χ1) is 5.40. The van der Waals surface area contributed by atoms with Crippen molar-refractivity contribution in [3.8, 4) is 0 Å². The van der Waals surface area contributed by atoms with Crippen molar-refractivity contribution in [2.45, 2.75) is 19.4 Å². The first-order valence-electron chi connectivity index (χ1n) is 3.97. The van der Waals surface area contributed by atoms with Gasteiger partial charge in [-0.1, -0.05) is 15.9 Å². The quantitative estimate of drug-likeness (QED) is 0.653. The normalized spacial score (nSPS) is 23.2. The van der Waals surface area contributed by atoms with Crippen molar-refractivity contribution in [2.24, 2.45) is 5.92 Å². The molecule has 1 aromatic heterocycles. The fourth-order valence-electron chi connectivity index (χ4n) is 1.57. The van der Waals surface area contributed by atoms with Gasteiger partial charge in [-0.25, -0.2) is 0 Å². The first-order valence-corrected chi connectivity index (χ1v) is 5.09. The molecule has 1 aliphatic rings. The van der Waals surface area contributed by atoms with E-state index in [4.69, 9.17) is 0 Å². The number of hydrogen-bond acceptors (Lipinski definition) is 1. The third-order valence-corrected chi connectivity index (χ3v) is 3.19. The number of rotatable bonds is 1. The van der Waals surface area contributed by atoms with Crippen molar-refractivity contribution in [1.29, 1.82) is 0 Å². The maximum Gasteiger partial charge on any atom is 0.0492 e. The molecule has 0 amide bonds. The fraction of sp³-hybridized carbons (Fsp3) is 0.625. The third kappa shape index (κ3) is 1.34. The van der Waals surface area contributed by atoms with Crippen LogP contribution in [0.4, 0.5) is 0 Å². The van der Waals surface area contributed by atoms with Crippen LogP contribution >= 0.6 is 15.9 Å². The van der Waals surface area contributed by atoms with E-state index in [-0.39, 0.29) is 0 Å². The lowest BCUT2D eigenvalue weighted by molar-refractivity contribution is 0.398. The molecule has 1 aliphatic heterocycles. The van der Waals surface area contributed by atoms with E-state index in [0.29, 0.717) is 0 Å². The summed E-state index contributed by atoms with van der Waals surface area (Å²) < 4.78 is 2.11. The maximum atomic E-state index is 4.23. The van der Waals surface area contributed by atoms with Gasteiger partial charge in [0.15, 0.2) is 0 Å². The van der Waals surface area contributed by atoms with Crippen molar-refractivity contribution in [3.05, 3.63) is 18.0 Å². The molecule has 2 rings (SSSR count). The molecule has 1 unspecified atom stereocenters. The topological polar surface area (TPSA) is 17.8 Å². The Morgan fingerprint density at radius 2 is 2.64 bits per heavy atom. The van der Waals surface area contributed by atoms with Gasteiger partial charge in [-0.3, -0.25) is 4.68 Å². The third-order valence-electron chi connectivity index (χ3n) is 2.27. The molecule has 2 heterocycles. The van der Waals surface area contributed by atoms with Gasteiger partial charge >= 0.3 is 0 Å². The minimum atomic E-state index is 0.819. The van der Waals surface area contributed by atoms with Crippen LogP contribution in [0.5, 0.6) is 0 Å². The summed E-state index contributed by atoms with van der Waals surface area (Å²) in [5, 5.41) is 5.35. The number of aromatic nitrogens is 2. The second-order valence-electron chi connectivity index (χ2n) is 3.06. The van der Waals surface area contributed by atoms with Crippen LogP contribution in [0.3, 0.4) is 0 Å². The van der Waals surface area contributed by atoms with Crippen LogP contribution in [0.25, 0.3) is 0 Å². The molecule has 1 atom stereocenters. The van der Waals surface area contributed by atoms with Gasteiger partial charge in [0.2, 0.25) is 0 Å². The number of alkyl halides is 1. The van der Waals surface area contributed by atoms with Crippen LogP contribution < -0.4 is 0 Å². The van der Waals surface area contributed by atoms with E-state index in [1.807, 2.05) is 6.20 Å². The zero-order chi connectivity index (χ0) is 7.68. The molecule has 11 heavy (non-hydrogen) atoms. The molecular weight excluding hydrogens is 204 g/mol. The molecule has 0 aromatic carbocycles. The van der Waals surface area contributed by atoms with Gasteiger partial charge in [0.25, 0.3) is 0 Å². The number of nitrogens with zero attached hydrogens (tertiary/aromatic N) is 2. The molecule has 0 radical (unpaired) electrons. The predicted molar refractivity (Wildman–Crippen MR) is 47.8 cm³/mol. The highest BCUT2D eigenvalue weighted by molar-refractivity contribution is 9.09. The van der Waals surface area contributed by atoms with E-state index in [9.17, 15) is 0 Å². The van der Waals surface area contributed by atoms with E-state index in [1.165, 1.54) is 18.5 Å². The zero-order valence-electron chi connectivity index (χ0n) is 6.33. The van der Waals surface area contributed by atoms with Crippen molar-refractivity contribution in [2.75, 3.05) is 5.33 Å². The lowest BCUT2D eigenvalue weighted by atomic mass is 9.99. The number of aryl methyl sites for hydroxylation is 1. The van der Waals surface area contributed by atoms with Gasteiger partial charge in [0, 0.05) is 23.8 Å². The van der Waals surface area contributed by atoms with Crippen molar-refractivity contribution in [1.82, 2.24) is 9.78 Å². The summed E-state index contributed by atoms with van der Waals surface area (Å²) in [4.78, 5) is 0. The molecule has 0 N–H and O–H groups in total. The highest BCUT2D eigenvalue weighted by atomic mass is 79.9. The summed E-state index contributed by atoms with van der Waals surface area (Å²) in [6.45, 7) is 1.10. The molecule has 0 bridgehead atoms. The Morgan fingerprint density at radius 1 is 1.73 bits per heavy atom. The molecule has 0 saturated carbocycles. The highest BCUT2D eigenvalue weighted by Gasteiger charge is 2.16. The van der Waals surface area contributed by atoms with Crippen molar-refractivity contribution in [3.63, 3.8) is 0 Å². The monoisotopic (exact) mass is 214 g/mol. The van der Waals surface area contributed by atoms with Crippen LogP contribution in [0.2, 0.25) is 0 Å². The Bertz CT molecular complexity index is 244. The Balaban J connectivity index is 2.18. The molecular formula is C8H11BrN2. The van der Waals surface area contributed by atoms with Crippen molar-refractivity contribution < 1.29 is 0 Å². The molecule has 60 valence electrons. The van der Waals surface area contributed by atoms with E-state index < -0.39 is 0 Å². The summed E-state index contributed by atoms with van der Waals surface area (Å²) in [5.74, 6) is 0.819. The second kappa shape index (κ2) is 2.97. The standard InChI is InChI=1S/C8H11BrN2/c9-6-7-2-4-11-8(5-7)1-3-10-11/h1,3,7H,2,4-6H2. The second-order valence-corrected chi connectivity index (χ2v) is 3.71. The summed E-state index contributed by atoms with van der Waals surface area (Å²) in [7, 11) is 0. The lowest BCUT2D eigenvalue weighted by Crippen LogP contribution is -2.20. The van der Waals surface area contributed by atoms with E-state index in [0.717, 1.165) is 17.8 Å². The molecule has 0 aliphatic carbocycles. The Hall–Kier alpha value is -0.310. The van der Waals surface area contributed by atoms with E-state index in [1.54, 1.807) is 0 Å². The number of halogens is 1. The summed E-state index contributed by atoms with van der Waals surface area (Å²) in [6, 6.07) is 2.12. The summed E-state index contributed by atoms with van der Waals surface area (Å²) in [6.07, 6.45) is 4.34. The van der Waals surface area contributed by atoms with Gasteiger partial charge in [0.1, 0.15) is 0 Å². The van der Waals surface area contributed by atoms with Gasteiger partial charge in [-0.15, -0.1) is 0 Å². The van der Waals surface area contributed by atoms with Crippen LogP contribution in [-0.4, -0.2) is 15.1 Å². The van der Waals surface area contributed by atoms with Crippen LogP contribution in [0.15, 0.2) is 12.3 Å². The van der Waals surface area contributed by atoms with Gasteiger partial charge in [0.05, 0.1) is 0 Å².